The Kier molecular flexibility index (Phi) is 5.58. The van der Waals surface area contributed by atoms with Gasteiger partial charge in [0.1, 0.15) is 0 Å². The number of hydrogen-bond acceptors (Lipinski definition) is 3. The van der Waals surface area contributed by atoms with E-state index < -0.39 is 0 Å². The van der Waals surface area contributed by atoms with Gasteiger partial charge in [-0.25, -0.2) is 0 Å². The summed E-state index contributed by atoms with van der Waals surface area (Å²) in [7, 11) is 0. The lowest BCUT2D eigenvalue weighted by Crippen LogP contribution is -2.46. The van der Waals surface area contributed by atoms with Gasteiger partial charge in [0.05, 0.1) is 4.88 Å². The Morgan fingerprint density at radius 3 is 2.52 bits per heavy atom. The van der Waals surface area contributed by atoms with E-state index in [0.29, 0.717) is 11.8 Å². The largest absolute Gasteiger partial charge is 0.342 e. The van der Waals surface area contributed by atoms with Crippen LogP contribution in [0.2, 0.25) is 0 Å². The average Bonchev–Trinajstić information content (AvgIpc) is 3.10. The van der Waals surface area contributed by atoms with Crippen LogP contribution in [0.3, 0.4) is 0 Å². The third-order valence-electron chi connectivity index (χ3n) is 6.64. The summed E-state index contributed by atoms with van der Waals surface area (Å²) in [6.07, 6.45) is 7.48. The molecule has 3 heterocycles. The highest BCUT2D eigenvalue weighted by Crippen LogP contribution is 2.33. The number of rotatable bonds is 2. The van der Waals surface area contributed by atoms with E-state index in [1.54, 1.807) is 11.3 Å². The number of thiophene rings is 1. The van der Waals surface area contributed by atoms with Crippen LogP contribution in [0.25, 0.3) is 0 Å². The first-order chi connectivity index (χ1) is 13.0. The molecule has 2 atom stereocenters. The van der Waals surface area contributed by atoms with Crippen molar-refractivity contribution < 1.29 is 9.59 Å². The summed E-state index contributed by atoms with van der Waals surface area (Å²) in [4.78, 5) is 32.2. The highest BCUT2D eigenvalue weighted by Gasteiger charge is 2.32. The zero-order chi connectivity index (χ0) is 19.0. The summed E-state index contributed by atoms with van der Waals surface area (Å²) in [5.41, 5.74) is 1.39. The molecular formula is C22H32N2O2S. The van der Waals surface area contributed by atoms with E-state index in [0.717, 1.165) is 69.1 Å². The Labute approximate surface area is 166 Å². The fourth-order valence-electron chi connectivity index (χ4n) is 4.94. The Balaban J connectivity index is 1.34. The normalized spacial score (nSPS) is 26.7. The highest BCUT2D eigenvalue weighted by atomic mass is 32.1. The van der Waals surface area contributed by atoms with Crippen LogP contribution in [0.4, 0.5) is 0 Å². The van der Waals surface area contributed by atoms with E-state index in [9.17, 15) is 9.59 Å². The van der Waals surface area contributed by atoms with Crippen LogP contribution in [0.1, 0.15) is 66.1 Å². The summed E-state index contributed by atoms with van der Waals surface area (Å²) in [5.74, 6) is 1.97. The quantitative estimate of drug-likeness (QED) is 0.769. The zero-order valence-corrected chi connectivity index (χ0v) is 17.5. The zero-order valence-electron chi connectivity index (χ0n) is 16.7. The summed E-state index contributed by atoms with van der Waals surface area (Å²) in [6.45, 7) is 7.81. The molecule has 3 aliphatic rings. The molecule has 0 bridgehead atoms. The van der Waals surface area contributed by atoms with Crippen LogP contribution in [0.15, 0.2) is 6.07 Å². The average molecular weight is 389 g/mol. The molecule has 2 unspecified atom stereocenters. The summed E-state index contributed by atoms with van der Waals surface area (Å²) in [5, 5.41) is 0. The minimum atomic E-state index is 0.108. The van der Waals surface area contributed by atoms with Crippen molar-refractivity contribution in [2.75, 3.05) is 26.2 Å². The van der Waals surface area contributed by atoms with Crippen molar-refractivity contribution in [2.45, 2.75) is 58.8 Å². The molecule has 0 spiro atoms. The number of carbonyl (C=O) groups excluding carboxylic acids is 2. The van der Waals surface area contributed by atoms with Crippen LogP contribution < -0.4 is 0 Å². The number of piperidine rings is 2. The van der Waals surface area contributed by atoms with Gasteiger partial charge in [-0.05, 0) is 68.4 Å². The Bertz CT molecular complexity index is 705. The molecule has 1 aliphatic carbocycles. The van der Waals surface area contributed by atoms with Crippen molar-refractivity contribution in [3.63, 3.8) is 0 Å². The molecule has 1 aromatic rings. The monoisotopic (exact) mass is 388 g/mol. The minimum absolute atomic E-state index is 0.108. The fraction of sp³-hybridized carbons (Fsp3) is 0.727. The molecule has 148 valence electrons. The van der Waals surface area contributed by atoms with E-state index in [4.69, 9.17) is 0 Å². The lowest BCUT2D eigenvalue weighted by molar-refractivity contribution is -0.138. The number of carbonyl (C=O) groups is 2. The molecule has 0 N–H and O–H groups in total. The van der Waals surface area contributed by atoms with Gasteiger partial charge in [-0.3, -0.25) is 9.59 Å². The van der Waals surface area contributed by atoms with E-state index >= 15 is 0 Å². The van der Waals surface area contributed by atoms with Gasteiger partial charge in [0, 0.05) is 37.0 Å². The number of aryl methyl sites for hydroxylation is 1. The van der Waals surface area contributed by atoms with Crippen LogP contribution in [0.5, 0.6) is 0 Å². The Morgan fingerprint density at radius 2 is 1.78 bits per heavy atom. The molecule has 2 aliphatic heterocycles. The second kappa shape index (κ2) is 7.94. The lowest BCUT2D eigenvalue weighted by atomic mass is 9.90. The van der Waals surface area contributed by atoms with E-state index in [-0.39, 0.29) is 11.8 Å². The van der Waals surface area contributed by atoms with Crippen molar-refractivity contribution in [1.29, 1.82) is 0 Å². The van der Waals surface area contributed by atoms with Crippen molar-refractivity contribution in [3.8, 4) is 0 Å². The van der Waals surface area contributed by atoms with Crippen LogP contribution in [-0.4, -0.2) is 47.8 Å². The standard InChI is InChI=1S/C22H32N2O2S/c1-15-5-6-19-18(12-15)13-20(27-19)22(26)23-10-7-17(8-11-23)21(25)24-9-3-4-16(2)14-24/h13,15-17H,3-12,14H2,1-2H3. The lowest BCUT2D eigenvalue weighted by Gasteiger charge is -2.37. The number of nitrogens with zero attached hydrogens (tertiary/aromatic N) is 2. The van der Waals surface area contributed by atoms with E-state index in [1.807, 2.05) is 4.90 Å². The summed E-state index contributed by atoms with van der Waals surface area (Å²) < 4.78 is 0. The molecule has 2 saturated heterocycles. The molecule has 4 rings (SSSR count). The molecule has 0 saturated carbocycles. The number of hydrogen-bond donors (Lipinski definition) is 0. The van der Waals surface area contributed by atoms with Crippen LogP contribution >= 0.6 is 11.3 Å². The third-order valence-corrected chi connectivity index (χ3v) is 7.87. The number of likely N-dealkylation sites (tertiary alicyclic amines) is 2. The number of fused-ring (bicyclic) bond motifs is 1. The topological polar surface area (TPSA) is 40.6 Å². The van der Waals surface area contributed by atoms with Gasteiger partial charge in [-0.2, -0.15) is 0 Å². The summed E-state index contributed by atoms with van der Waals surface area (Å²) >= 11 is 1.70. The van der Waals surface area contributed by atoms with Crippen molar-refractivity contribution >= 4 is 23.2 Å². The van der Waals surface area contributed by atoms with Crippen LogP contribution in [-0.2, 0) is 17.6 Å². The van der Waals surface area contributed by atoms with Crippen molar-refractivity contribution in [2.24, 2.45) is 17.8 Å². The second-order valence-corrected chi connectivity index (χ2v) is 10.1. The molecule has 0 aromatic carbocycles. The molecule has 2 amide bonds. The van der Waals surface area contributed by atoms with Gasteiger partial charge >= 0.3 is 0 Å². The van der Waals surface area contributed by atoms with Crippen molar-refractivity contribution in [3.05, 3.63) is 21.4 Å². The second-order valence-electron chi connectivity index (χ2n) is 9.01. The first-order valence-electron chi connectivity index (χ1n) is 10.7. The van der Waals surface area contributed by atoms with Gasteiger partial charge in [0.2, 0.25) is 5.91 Å². The highest BCUT2D eigenvalue weighted by molar-refractivity contribution is 7.14. The van der Waals surface area contributed by atoms with E-state index in [1.165, 1.54) is 23.3 Å². The Morgan fingerprint density at radius 1 is 1.00 bits per heavy atom. The number of amides is 2. The first-order valence-corrected chi connectivity index (χ1v) is 11.5. The van der Waals surface area contributed by atoms with Gasteiger partial charge in [-0.1, -0.05) is 13.8 Å². The van der Waals surface area contributed by atoms with Crippen LogP contribution in [0, 0.1) is 17.8 Å². The molecule has 5 heteroatoms. The maximum atomic E-state index is 13.0. The minimum Gasteiger partial charge on any atom is -0.342 e. The van der Waals surface area contributed by atoms with Gasteiger partial charge in [0.25, 0.3) is 5.91 Å². The first kappa shape index (κ1) is 19.0. The smallest absolute Gasteiger partial charge is 0.263 e. The predicted octanol–water partition coefficient (Wildman–Crippen LogP) is 3.98. The molecule has 0 radical (unpaired) electrons. The van der Waals surface area contributed by atoms with Gasteiger partial charge in [-0.15, -0.1) is 11.3 Å². The van der Waals surface area contributed by atoms with Gasteiger partial charge in [0.15, 0.2) is 0 Å². The molecule has 1 aromatic heterocycles. The molecule has 2 fully saturated rings. The molecule has 27 heavy (non-hydrogen) atoms. The third kappa shape index (κ3) is 4.08. The maximum Gasteiger partial charge on any atom is 0.263 e. The predicted molar refractivity (Wildman–Crippen MR) is 109 cm³/mol. The van der Waals surface area contributed by atoms with E-state index in [2.05, 4.69) is 24.8 Å². The Hall–Kier alpha value is -1.36. The molecule has 4 nitrogen and oxygen atoms in total. The van der Waals surface area contributed by atoms with Gasteiger partial charge < -0.3 is 9.80 Å². The fourth-order valence-corrected chi connectivity index (χ4v) is 6.12. The molecular weight excluding hydrogens is 356 g/mol. The maximum absolute atomic E-state index is 13.0. The van der Waals surface area contributed by atoms with Crippen molar-refractivity contribution in [1.82, 2.24) is 9.80 Å². The summed E-state index contributed by atoms with van der Waals surface area (Å²) in [6, 6.07) is 2.14. The SMILES string of the molecule is CC1CCc2sc(C(=O)N3CCC(C(=O)N4CCCC(C)C4)CC3)cc2C1.